The second-order valence-electron chi connectivity index (χ2n) is 3.67. The first-order chi connectivity index (χ1) is 7.18. The average Bonchev–Trinajstić information content (AvgIpc) is 2.42. The molecule has 0 saturated carbocycles. The molecule has 1 aliphatic heterocycles. The minimum Gasteiger partial charge on any atom is -0.490 e. The molecule has 0 aromatic heterocycles. The van der Waals surface area contributed by atoms with Gasteiger partial charge in [-0.3, -0.25) is 0 Å². The standard InChI is InChI=1S/C11H14BrNO2/c1-7(13)8-5-9(12)11-10(6-8)14-3-2-4-15-11/h5-7H,2-4,13H2,1H3. The van der Waals surface area contributed by atoms with Crippen molar-refractivity contribution in [3.05, 3.63) is 22.2 Å². The van der Waals surface area contributed by atoms with Gasteiger partial charge < -0.3 is 15.2 Å². The molecule has 1 unspecified atom stereocenters. The Kier molecular flexibility index (Phi) is 3.17. The first-order valence-electron chi connectivity index (χ1n) is 5.03. The number of hydrogen-bond donors (Lipinski definition) is 1. The van der Waals surface area contributed by atoms with Crippen molar-refractivity contribution >= 4 is 15.9 Å². The number of ether oxygens (including phenoxy) is 2. The molecule has 0 bridgehead atoms. The summed E-state index contributed by atoms with van der Waals surface area (Å²) in [5.74, 6) is 1.58. The number of halogens is 1. The molecule has 3 nitrogen and oxygen atoms in total. The summed E-state index contributed by atoms with van der Waals surface area (Å²) in [6.07, 6.45) is 0.911. The van der Waals surface area contributed by atoms with Crippen LogP contribution in [0.3, 0.4) is 0 Å². The summed E-state index contributed by atoms with van der Waals surface area (Å²) >= 11 is 3.48. The minimum absolute atomic E-state index is 0.00143. The quantitative estimate of drug-likeness (QED) is 0.854. The molecule has 0 amide bonds. The molecule has 15 heavy (non-hydrogen) atoms. The normalized spacial score (nSPS) is 17.0. The van der Waals surface area contributed by atoms with Crippen molar-refractivity contribution < 1.29 is 9.47 Å². The van der Waals surface area contributed by atoms with Crippen molar-refractivity contribution in [3.63, 3.8) is 0 Å². The first kappa shape index (κ1) is 10.8. The topological polar surface area (TPSA) is 44.5 Å². The highest BCUT2D eigenvalue weighted by Crippen LogP contribution is 2.39. The summed E-state index contributed by atoms with van der Waals surface area (Å²) in [5.41, 5.74) is 6.88. The van der Waals surface area contributed by atoms with Gasteiger partial charge in [-0.15, -0.1) is 0 Å². The Hall–Kier alpha value is -0.740. The van der Waals surface area contributed by atoms with Crippen LogP contribution in [0.25, 0.3) is 0 Å². The van der Waals surface area contributed by atoms with E-state index in [1.54, 1.807) is 0 Å². The van der Waals surface area contributed by atoms with Gasteiger partial charge in [0.1, 0.15) is 0 Å². The van der Waals surface area contributed by atoms with Gasteiger partial charge in [-0.05, 0) is 40.5 Å². The Morgan fingerprint density at radius 2 is 2.07 bits per heavy atom. The summed E-state index contributed by atoms with van der Waals surface area (Å²) in [4.78, 5) is 0. The number of benzene rings is 1. The fourth-order valence-corrected chi connectivity index (χ4v) is 2.09. The third-order valence-electron chi connectivity index (χ3n) is 2.35. The Bertz CT molecular complexity index is 366. The zero-order valence-electron chi connectivity index (χ0n) is 8.63. The highest BCUT2D eigenvalue weighted by molar-refractivity contribution is 9.10. The van der Waals surface area contributed by atoms with Crippen molar-refractivity contribution in [2.45, 2.75) is 19.4 Å². The zero-order chi connectivity index (χ0) is 10.8. The lowest BCUT2D eigenvalue weighted by Gasteiger charge is -2.13. The first-order valence-corrected chi connectivity index (χ1v) is 5.82. The Morgan fingerprint density at radius 3 is 2.80 bits per heavy atom. The molecule has 2 N–H and O–H groups in total. The van der Waals surface area contributed by atoms with E-state index in [9.17, 15) is 0 Å². The van der Waals surface area contributed by atoms with Crippen LogP contribution < -0.4 is 15.2 Å². The molecule has 82 valence electrons. The summed E-state index contributed by atoms with van der Waals surface area (Å²) in [7, 11) is 0. The zero-order valence-corrected chi connectivity index (χ0v) is 10.2. The number of hydrogen-bond acceptors (Lipinski definition) is 3. The van der Waals surface area contributed by atoms with Crippen LogP contribution in [0.15, 0.2) is 16.6 Å². The van der Waals surface area contributed by atoms with Gasteiger partial charge in [0, 0.05) is 12.5 Å². The third kappa shape index (κ3) is 2.26. The van der Waals surface area contributed by atoms with Crippen LogP contribution >= 0.6 is 15.9 Å². The van der Waals surface area contributed by atoms with Gasteiger partial charge in [0.05, 0.1) is 17.7 Å². The molecule has 4 heteroatoms. The van der Waals surface area contributed by atoms with Crippen LogP contribution in [0.2, 0.25) is 0 Å². The van der Waals surface area contributed by atoms with Gasteiger partial charge in [-0.2, -0.15) is 0 Å². The second kappa shape index (κ2) is 4.41. The second-order valence-corrected chi connectivity index (χ2v) is 4.52. The van der Waals surface area contributed by atoms with Crippen LogP contribution in [-0.4, -0.2) is 13.2 Å². The Balaban J connectivity index is 2.44. The van der Waals surface area contributed by atoms with Crippen molar-refractivity contribution in [2.24, 2.45) is 5.73 Å². The number of nitrogens with two attached hydrogens (primary N) is 1. The smallest absolute Gasteiger partial charge is 0.175 e. The monoisotopic (exact) mass is 271 g/mol. The van der Waals surface area contributed by atoms with Crippen LogP contribution in [0.1, 0.15) is 24.9 Å². The lowest BCUT2D eigenvalue weighted by atomic mass is 10.1. The molecule has 2 rings (SSSR count). The minimum atomic E-state index is -0.00143. The lowest BCUT2D eigenvalue weighted by molar-refractivity contribution is 0.296. The van der Waals surface area contributed by atoms with Crippen LogP contribution in [0.4, 0.5) is 0 Å². The fourth-order valence-electron chi connectivity index (χ4n) is 1.51. The molecule has 1 aromatic rings. The van der Waals surface area contributed by atoms with Gasteiger partial charge >= 0.3 is 0 Å². The molecule has 1 heterocycles. The van der Waals surface area contributed by atoms with Crippen LogP contribution in [0.5, 0.6) is 11.5 Å². The lowest BCUT2D eigenvalue weighted by Crippen LogP contribution is -2.05. The maximum atomic E-state index is 5.84. The van der Waals surface area contributed by atoms with E-state index in [-0.39, 0.29) is 6.04 Å². The largest absolute Gasteiger partial charge is 0.490 e. The maximum absolute atomic E-state index is 5.84. The van der Waals surface area contributed by atoms with Crippen molar-refractivity contribution in [1.29, 1.82) is 0 Å². The van der Waals surface area contributed by atoms with Gasteiger partial charge in [-0.1, -0.05) is 0 Å². The van der Waals surface area contributed by atoms with Crippen LogP contribution in [-0.2, 0) is 0 Å². The molecule has 0 spiro atoms. The predicted molar refractivity (Wildman–Crippen MR) is 62.4 cm³/mol. The van der Waals surface area contributed by atoms with E-state index in [0.29, 0.717) is 13.2 Å². The van der Waals surface area contributed by atoms with Gasteiger partial charge in [0.25, 0.3) is 0 Å². The van der Waals surface area contributed by atoms with Gasteiger partial charge in [0.15, 0.2) is 11.5 Å². The predicted octanol–water partition coefficient (Wildman–Crippen LogP) is 2.63. The number of fused-ring (bicyclic) bond motifs is 1. The molecule has 0 fully saturated rings. The average molecular weight is 272 g/mol. The highest BCUT2D eigenvalue weighted by Gasteiger charge is 2.16. The van der Waals surface area contributed by atoms with E-state index in [0.717, 1.165) is 28.0 Å². The van der Waals surface area contributed by atoms with E-state index in [1.165, 1.54) is 0 Å². The van der Waals surface area contributed by atoms with Crippen molar-refractivity contribution in [3.8, 4) is 11.5 Å². The van der Waals surface area contributed by atoms with Crippen molar-refractivity contribution in [1.82, 2.24) is 0 Å². The van der Waals surface area contributed by atoms with Gasteiger partial charge in [-0.25, -0.2) is 0 Å². The molecule has 0 aliphatic carbocycles. The maximum Gasteiger partial charge on any atom is 0.175 e. The fraction of sp³-hybridized carbons (Fsp3) is 0.455. The molecule has 1 atom stereocenters. The number of rotatable bonds is 1. The summed E-state index contributed by atoms with van der Waals surface area (Å²) in [5, 5.41) is 0. The summed E-state index contributed by atoms with van der Waals surface area (Å²) < 4.78 is 12.1. The molecular formula is C11H14BrNO2. The van der Waals surface area contributed by atoms with Crippen LogP contribution in [0, 0.1) is 0 Å². The molecule has 1 aromatic carbocycles. The van der Waals surface area contributed by atoms with E-state index < -0.39 is 0 Å². The SMILES string of the molecule is CC(N)c1cc(Br)c2c(c1)OCCCO2. The summed E-state index contributed by atoms with van der Waals surface area (Å²) in [6, 6.07) is 3.94. The highest BCUT2D eigenvalue weighted by atomic mass is 79.9. The Morgan fingerprint density at radius 1 is 1.33 bits per heavy atom. The summed E-state index contributed by atoms with van der Waals surface area (Å²) in [6.45, 7) is 3.34. The molecule has 1 aliphatic rings. The molecule has 0 saturated heterocycles. The Labute approximate surface area is 97.7 Å². The molecular weight excluding hydrogens is 258 g/mol. The van der Waals surface area contributed by atoms with E-state index >= 15 is 0 Å². The van der Waals surface area contributed by atoms with Gasteiger partial charge in [0.2, 0.25) is 0 Å². The van der Waals surface area contributed by atoms with Crippen molar-refractivity contribution in [2.75, 3.05) is 13.2 Å². The van der Waals surface area contributed by atoms with E-state index in [1.807, 2.05) is 19.1 Å². The molecule has 0 radical (unpaired) electrons. The van der Waals surface area contributed by atoms with E-state index in [4.69, 9.17) is 15.2 Å². The third-order valence-corrected chi connectivity index (χ3v) is 2.94. The van der Waals surface area contributed by atoms with E-state index in [2.05, 4.69) is 15.9 Å².